The first-order chi connectivity index (χ1) is 7.14. The quantitative estimate of drug-likeness (QED) is 0.675. The van der Waals surface area contributed by atoms with Crippen LogP contribution in [0.2, 0.25) is 0 Å². The molecule has 1 fully saturated rings. The van der Waals surface area contributed by atoms with Crippen molar-refractivity contribution < 1.29 is 0 Å². The van der Waals surface area contributed by atoms with Crippen LogP contribution in [0.4, 0.5) is 0 Å². The largest absolute Gasteiger partial charge is 0.302 e. The fourth-order valence-corrected chi connectivity index (χ4v) is 2.76. The standard InChI is InChI=1S/C12H22N2S/c1-12(2,11-13)5-3-4-6-14-7-9-15-10-8-14/h3-10H2,1-2H3. The molecule has 0 saturated carbocycles. The van der Waals surface area contributed by atoms with Crippen LogP contribution < -0.4 is 0 Å². The van der Waals surface area contributed by atoms with Gasteiger partial charge in [-0.05, 0) is 33.2 Å². The highest BCUT2D eigenvalue weighted by molar-refractivity contribution is 7.99. The molecule has 0 bridgehead atoms. The van der Waals surface area contributed by atoms with E-state index in [1.807, 2.05) is 13.8 Å². The van der Waals surface area contributed by atoms with Crippen molar-refractivity contribution in [3.63, 3.8) is 0 Å². The summed E-state index contributed by atoms with van der Waals surface area (Å²) in [4.78, 5) is 2.55. The van der Waals surface area contributed by atoms with Crippen molar-refractivity contribution in [1.29, 1.82) is 5.26 Å². The van der Waals surface area contributed by atoms with Gasteiger partial charge >= 0.3 is 0 Å². The number of nitrogens with zero attached hydrogens (tertiary/aromatic N) is 2. The van der Waals surface area contributed by atoms with Crippen LogP contribution in [0.15, 0.2) is 0 Å². The molecule has 1 heterocycles. The molecule has 0 aromatic carbocycles. The molecule has 0 N–H and O–H groups in total. The van der Waals surface area contributed by atoms with Crippen molar-refractivity contribution in [2.45, 2.75) is 33.1 Å². The smallest absolute Gasteiger partial charge is 0.0683 e. The van der Waals surface area contributed by atoms with Gasteiger partial charge in [0.05, 0.1) is 11.5 Å². The Labute approximate surface area is 98.0 Å². The average Bonchev–Trinajstić information content (AvgIpc) is 2.26. The van der Waals surface area contributed by atoms with Crippen LogP contribution in [0.1, 0.15) is 33.1 Å². The van der Waals surface area contributed by atoms with Crippen LogP contribution in [-0.4, -0.2) is 36.0 Å². The van der Waals surface area contributed by atoms with E-state index in [2.05, 4.69) is 22.7 Å². The Hall–Kier alpha value is -0.200. The normalized spacial score (nSPS) is 18.7. The van der Waals surface area contributed by atoms with Gasteiger partial charge in [0.2, 0.25) is 0 Å². The van der Waals surface area contributed by atoms with E-state index in [1.54, 1.807) is 0 Å². The monoisotopic (exact) mass is 226 g/mol. The highest BCUT2D eigenvalue weighted by atomic mass is 32.2. The highest BCUT2D eigenvalue weighted by Gasteiger charge is 2.16. The van der Waals surface area contributed by atoms with Crippen molar-refractivity contribution in [3.8, 4) is 6.07 Å². The number of unbranched alkanes of at least 4 members (excludes halogenated alkanes) is 1. The van der Waals surface area contributed by atoms with Crippen molar-refractivity contribution in [3.05, 3.63) is 0 Å². The average molecular weight is 226 g/mol. The van der Waals surface area contributed by atoms with Crippen molar-refractivity contribution in [2.24, 2.45) is 5.41 Å². The van der Waals surface area contributed by atoms with Gasteiger partial charge in [-0.1, -0.05) is 6.42 Å². The lowest BCUT2D eigenvalue weighted by atomic mass is 9.89. The third kappa shape index (κ3) is 5.44. The first kappa shape index (κ1) is 12.9. The predicted molar refractivity (Wildman–Crippen MR) is 67.0 cm³/mol. The molecule has 0 amide bonds. The summed E-state index contributed by atoms with van der Waals surface area (Å²) in [5.74, 6) is 2.59. The van der Waals surface area contributed by atoms with Crippen molar-refractivity contribution in [1.82, 2.24) is 4.90 Å². The maximum absolute atomic E-state index is 8.88. The third-order valence-electron chi connectivity index (χ3n) is 2.93. The maximum atomic E-state index is 8.88. The van der Waals surface area contributed by atoms with E-state index in [-0.39, 0.29) is 5.41 Å². The Kier molecular flexibility index (Phi) is 5.49. The van der Waals surface area contributed by atoms with Crippen LogP contribution in [0.3, 0.4) is 0 Å². The van der Waals surface area contributed by atoms with E-state index in [0.717, 1.165) is 6.42 Å². The Morgan fingerprint density at radius 3 is 2.53 bits per heavy atom. The summed E-state index contributed by atoms with van der Waals surface area (Å²) >= 11 is 2.06. The van der Waals surface area contributed by atoms with E-state index < -0.39 is 0 Å². The van der Waals surface area contributed by atoms with Crippen molar-refractivity contribution >= 4 is 11.8 Å². The third-order valence-corrected chi connectivity index (χ3v) is 3.87. The van der Waals surface area contributed by atoms with Crippen LogP contribution in [0, 0.1) is 16.7 Å². The number of hydrogen-bond donors (Lipinski definition) is 0. The molecule has 0 atom stereocenters. The number of thioether (sulfide) groups is 1. The molecule has 0 radical (unpaired) electrons. The molecule has 0 aromatic heterocycles. The minimum Gasteiger partial charge on any atom is -0.302 e. The van der Waals surface area contributed by atoms with Gasteiger partial charge in [0.1, 0.15) is 0 Å². The Balaban J connectivity index is 2.04. The zero-order chi connectivity index (χ0) is 11.1. The molecule has 2 nitrogen and oxygen atoms in total. The highest BCUT2D eigenvalue weighted by Crippen LogP contribution is 2.21. The summed E-state index contributed by atoms with van der Waals surface area (Å²) in [6.07, 6.45) is 3.46. The van der Waals surface area contributed by atoms with Crippen LogP contribution in [0.5, 0.6) is 0 Å². The lowest BCUT2D eigenvalue weighted by Gasteiger charge is -2.26. The van der Waals surface area contributed by atoms with Gasteiger partial charge in [0.25, 0.3) is 0 Å². The van der Waals surface area contributed by atoms with E-state index in [1.165, 1.54) is 44.0 Å². The number of hydrogen-bond acceptors (Lipinski definition) is 3. The van der Waals surface area contributed by atoms with Gasteiger partial charge in [-0.2, -0.15) is 17.0 Å². The second-order valence-electron chi connectivity index (χ2n) is 4.91. The van der Waals surface area contributed by atoms with Crippen LogP contribution >= 0.6 is 11.8 Å². The summed E-state index contributed by atoms with van der Waals surface area (Å²) in [5, 5.41) is 8.88. The molecule has 0 spiro atoms. The van der Waals surface area contributed by atoms with E-state index in [4.69, 9.17) is 5.26 Å². The van der Waals surface area contributed by atoms with Gasteiger partial charge in [-0.25, -0.2) is 0 Å². The summed E-state index contributed by atoms with van der Waals surface area (Å²) < 4.78 is 0. The van der Waals surface area contributed by atoms with E-state index >= 15 is 0 Å². The predicted octanol–water partition coefficient (Wildman–Crippen LogP) is 2.76. The Morgan fingerprint density at radius 2 is 1.93 bits per heavy atom. The summed E-state index contributed by atoms with van der Waals surface area (Å²) in [6.45, 7) is 7.80. The van der Waals surface area contributed by atoms with Gasteiger partial charge in [-0.15, -0.1) is 0 Å². The molecular weight excluding hydrogens is 204 g/mol. The fraction of sp³-hybridized carbons (Fsp3) is 0.917. The SMILES string of the molecule is CC(C)(C#N)CCCCN1CCSCC1. The van der Waals surface area contributed by atoms with E-state index in [9.17, 15) is 0 Å². The second kappa shape index (κ2) is 6.40. The molecule has 0 unspecified atom stereocenters. The Morgan fingerprint density at radius 1 is 1.27 bits per heavy atom. The first-order valence-corrected chi connectivity index (χ1v) is 7.01. The summed E-state index contributed by atoms with van der Waals surface area (Å²) in [5.41, 5.74) is -0.127. The minimum atomic E-state index is -0.127. The molecule has 0 aromatic rings. The number of nitriles is 1. The molecule has 1 saturated heterocycles. The van der Waals surface area contributed by atoms with Gasteiger partial charge in [-0.3, -0.25) is 0 Å². The van der Waals surface area contributed by atoms with Crippen molar-refractivity contribution in [2.75, 3.05) is 31.1 Å². The topological polar surface area (TPSA) is 27.0 Å². The zero-order valence-electron chi connectivity index (χ0n) is 9.96. The Bertz CT molecular complexity index is 214. The molecule has 15 heavy (non-hydrogen) atoms. The van der Waals surface area contributed by atoms with Crippen LogP contribution in [-0.2, 0) is 0 Å². The maximum Gasteiger partial charge on any atom is 0.0683 e. The lowest BCUT2D eigenvalue weighted by molar-refractivity contribution is 0.287. The van der Waals surface area contributed by atoms with Gasteiger partial charge < -0.3 is 4.90 Å². The second-order valence-corrected chi connectivity index (χ2v) is 6.13. The summed E-state index contributed by atoms with van der Waals surface area (Å²) in [7, 11) is 0. The van der Waals surface area contributed by atoms with Gasteiger partial charge in [0, 0.05) is 24.6 Å². The zero-order valence-corrected chi connectivity index (χ0v) is 10.8. The summed E-state index contributed by atoms with van der Waals surface area (Å²) in [6, 6.07) is 2.36. The fourth-order valence-electron chi connectivity index (χ4n) is 1.78. The lowest BCUT2D eigenvalue weighted by Crippen LogP contribution is -2.33. The molecule has 86 valence electrons. The molecule has 0 aliphatic carbocycles. The number of rotatable bonds is 5. The van der Waals surface area contributed by atoms with Crippen LogP contribution in [0.25, 0.3) is 0 Å². The molecule has 3 heteroatoms. The molecular formula is C12H22N2S. The first-order valence-electron chi connectivity index (χ1n) is 5.85. The molecule has 1 aliphatic rings. The van der Waals surface area contributed by atoms with E-state index in [0.29, 0.717) is 0 Å². The molecule has 1 rings (SSSR count). The molecule has 1 aliphatic heterocycles. The van der Waals surface area contributed by atoms with Gasteiger partial charge in [0.15, 0.2) is 0 Å². The minimum absolute atomic E-state index is 0.127.